The molecule has 2 amide bonds. The average Bonchev–Trinajstić information content (AvgIpc) is 2.55. The number of nitrogens with zero attached hydrogens (tertiary/aromatic N) is 1. The molecule has 1 saturated heterocycles. The molecule has 0 spiro atoms. The van der Waals surface area contributed by atoms with Crippen molar-refractivity contribution >= 4 is 11.8 Å². The van der Waals surface area contributed by atoms with E-state index >= 15 is 0 Å². The summed E-state index contributed by atoms with van der Waals surface area (Å²) < 4.78 is 5.50. The summed E-state index contributed by atoms with van der Waals surface area (Å²) in [4.78, 5) is 24.7. The van der Waals surface area contributed by atoms with Gasteiger partial charge in [-0.3, -0.25) is 14.5 Å². The number of aliphatic hydroxyl groups is 1. The molecule has 5 nitrogen and oxygen atoms in total. The number of carbonyl (C=O) groups is 2. The maximum absolute atomic E-state index is 11.7. The van der Waals surface area contributed by atoms with Crippen LogP contribution in [0.5, 0.6) is 0 Å². The predicted octanol–water partition coefficient (Wildman–Crippen LogP) is 0.266. The van der Waals surface area contributed by atoms with E-state index < -0.39 is 12.0 Å². The normalized spacial score (nSPS) is 32.6. The van der Waals surface area contributed by atoms with Crippen LogP contribution in [0, 0.1) is 6.92 Å². The summed E-state index contributed by atoms with van der Waals surface area (Å²) in [6.45, 7) is 3.97. The Kier molecular flexibility index (Phi) is 6.38. The summed E-state index contributed by atoms with van der Waals surface area (Å²) in [7, 11) is 0. The predicted molar refractivity (Wildman–Crippen MR) is 59.8 cm³/mol. The quantitative estimate of drug-likeness (QED) is 0.596. The molecular weight excluding hydrogens is 311 g/mol. The first-order chi connectivity index (χ1) is 8.15. The van der Waals surface area contributed by atoms with Crippen LogP contribution in [-0.2, 0) is 47.0 Å². The van der Waals surface area contributed by atoms with Crippen LogP contribution < -0.4 is 0 Å². The zero-order chi connectivity index (χ0) is 12.4. The molecule has 6 heteroatoms. The Bertz CT molecular complexity index is 321. The van der Waals surface area contributed by atoms with E-state index in [2.05, 4.69) is 6.92 Å². The summed E-state index contributed by atoms with van der Waals surface area (Å²) in [5, 5.41) is 9.42. The molecule has 2 fully saturated rings. The maximum Gasteiger partial charge on any atom is 0.258 e. The number of ether oxygens (including phenoxy) is 1. The molecule has 2 rings (SSSR count). The Balaban J connectivity index is 0.00000162. The van der Waals surface area contributed by atoms with Crippen molar-refractivity contribution in [2.75, 3.05) is 6.61 Å². The Hall–Kier alpha value is 0.164. The topological polar surface area (TPSA) is 66.8 Å². The second kappa shape index (κ2) is 7.08. The molecule has 0 aromatic carbocycles. The molecule has 99 valence electrons. The molecule has 0 bridgehead atoms. The number of hydrogen-bond acceptors (Lipinski definition) is 4. The van der Waals surface area contributed by atoms with Gasteiger partial charge >= 0.3 is 0 Å². The first kappa shape index (κ1) is 16.2. The van der Waals surface area contributed by atoms with Gasteiger partial charge in [0.05, 0.1) is 18.6 Å². The number of likely N-dealkylation sites (tertiary alicyclic amines) is 1. The van der Waals surface area contributed by atoms with Crippen molar-refractivity contribution in [1.29, 1.82) is 0 Å². The van der Waals surface area contributed by atoms with Gasteiger partial charge in [-0.2, -0.15) is 0 Å². The van der Waals surface area contributed by atoms with Gasteiger partial charge in [-0.25, -0.2) is 0 Å². The number of rotatable bonds is 3. The molecule has 1 N–H and O–H groups in total. The molecule has 1 aliphatic heterocycles. The van der Waals surface area contributed by atoms with Crippen molar-refractivity contribution in [3.05, 3.63) is 6.92 Å². The zero-order valence-corrected chi connectivity index (χ0v) is 13.2. The fraction of sp³-hybridized carbons (Fsp3) is 0.750. The van der Waals surface area contributed by atoms with Crippen LogP contribution in [0.1, 0.15) is 32.1 Å². The maximum atomic E-state index is 11.7. The van der Waals surface area contributed by atoms with Crippen molar-refractivity contribution in [2.24, 2.45) is 0 Å². The minimum absolute atomic E-state index is 0. The molecule has 1 aliphatic carbocycles. The van der Waals surface area contributed by atoms with E-state index in [0.29, 0.717) is 6.61 Å². The fourth-order valence-corrected chi connectivity index (χ4v) is 2.70. The number of amides is 2. The van der Waals surface area contributed by atoms with Crippen LogP contribution in [0.15, 0.2) is 0 Å². The third-order valence-electron chi connectivity index (χ3n) is 3.49. The number of hydrogen-bond donors (Lipinski definition) is 1. The van der Waals surface area contributed by atoms with Crippen LogP contribution in [-0.4, -0.2) is 46.7 Å². The van der Waals surface area contributed by atoms with Crippen LogP contribution in [0.2, 0.25) is 0 Å². The molecule has 0 unspecified atom stereocenters. The van der Waals surface area contributed by atoms with Gasteiger partial charge in [0, 0.05) is 32.7 Å². The van der Waals surface area contributed by atoms with E-state index in [0.717, 1.165) is 25.7 Å². The van der Waals surface area contributed by atoms with Crippen molar-refractivity contribution in [3.63, 3.8) is 0 Å². The first-order valence-corrected chi connectivity index (χ1v) is 6.10. The average molecular weight is 329 g/mol. The van der Waals surface area contributed by atoms with E-state index in [4.69, 9.17) is 4.74 Å². The van der Waals surface area contributed by atoms with E-state index in [1.165, 1.54) is 4.90 Å². The Morgan fingerprint density at radius 1 is 1.33 bits per heavy atom. The van der Waals surface area contributed by atoms with E-state index in [1.807, 2.05) is 0 Å². The van der Waals surface area contributed by atoms with Crippen LogP contribution in [0.4, 0.5) is 0 Å². The molecule has 0 aromatic rings. The molecule has 1 heterocycles. The molecular formula is C12H18NO4Y-. The van der Waals surface area contributed by atoms with Crippen LogP contribution in [0.25, 0.3) is 0 Å². The fourth-order valence-electron chi connectivity index (χ4n) is 2.70. The summed E-state index contributed by atoms with van der Waals surface area (Å²) >= 11 is 0. The number of imide groups is 1. The third kappa shape index (κ3) is 3.18. The Morgan fingerprint density at radius 3 is 2.56 bits per heavy atom. The minimum atomic E-state index is -1.16. The second-order valence-electron chi connectivity index (χ2n) is 4.58. The summed E-state index contributed by atoms with van der Waals surface area (Å²) in [5.41, 5.74) is 0. The summed E-state index contributed by atoms with van der Waals surface area (Å²) in [6, 6.07) is -0.220. The molecule has 0 aromatic heterocycles. The Morgan fingerprint density at radius 2 is 2.00 bits per heavy atom. The van der Waals surface area contributed by atoms with Gasteiger partial charge in [-0.05, 0) is 12.8 Å². The SMILES string of the molecule is [CH2-]CO[C@@H]1CCCC[C@H]1N1C(=O)C[C@@H](O)C1=O.[Y]. The molecule has 1 radical (unpaired) electrons. The third-order valence-corrected chi connectivity index (χ3v) is 3.49. The number of aliphatic hydroxyl groups excluding tert-OH is 1. The van der Waals surface area contributed by atoms with Crippen molar-refractivity contribution in [3.8, 4) is 0 Å². The Labute approximate surface area is 132 Å². The molecule has 18 heavy (non-hydrogen) atoms. The summed E-state index contributed by atoms with van der Waals surface area (Å²) in [6.07, 6.45) is 2.24. The number of carbonyl (C=O) groups excluding carboxylic acids is 2. The largest absolute Gasteiger partial charge is 0.408 e. The zero-order valence-electron chi connectivity index (χ0n) is 10.4. The molecule has 2 aliphatic rings. The van der Waals surface area contributed by atoms with Gasteiger partial charge in [0.2, 0.25) is 5.91 Å². The second-order valence-corrected chi connectivity index (χ2v) is 4.58. The van der Waals surface area contributed by atoms with Gasteiger partial charge in [-0.15, -0.1) is 0 Å². The van der Waals surface area contributed by atoms with Gasteiger partial charge in [0.15, 0.2) is 0 Å². The van der Waals surface area contributed by atoms with Gasteiger partial charge in [0.1, 0.15) is 6.10 Å². The van der Waals surface area contributed by atoms with Crippen molar-refractivity contribution < 1.29 is 52.1 Å². The van der Waals surface area contributed by atoms with Crippen LogP contribution in [0.3, 0.4) is 0 Å². The van der Waals surface area contributed by atoms with Gasteiger partial charge < -0.3 is 16.8 Å². The summed E-state index contributed by atoms with van der Waals surface area (Å²) in [5.74, 6) is -0.758. The smallest absolute Gasteiger partial charge is 0.258 e. The van der Waals surface area contributed by atoms with Gasteiger partial charge in [-0.1, -0.05) is 19.4 Å². The van der Waals surface area contributed by atoms with Crippen molar-refractivity contribution in [1.82, 2.24) is 4.90 Å². The van der Waals surface area contributed by atoms with E-state index in [-0.39, 0.29) is 57.2 Å². The molecule has 1 saturated carbocycles. The molecule has 3 atom stereocenters. The van der Waals surface area contributed by atoms with Gasteiger partial charge in [0.25, 0.3) is 5.91 Å². The van der Waals surface area contributed by atoms with E-state index in [1.54, 1.807) is 0 Å². The van der Waals surface area contributed by atoms with Crippen LogP contribution >= 0.6 is 0 Å². The van der Waals surface area contributed by atoms with E-state index in [9.17, 15) is 14.7 Å². The first-order valence-electron chi connectivity index (χ1n) is 6.10. The minimum Gasteiger partial charge on any atom is -0.408 e. The standard InChI is InChI=1S/C12H18NO4.Y/c1-2-17-10-6-4-3-5-8(10)13-11(15)7-9(14)12(13)16;/h8-10,14H,1-7H2;/q-1;/t8-,9-,10-;/m1./s1. The van der Waals surface area contributed by atoms with Crippen molar-refractivity contribution in [2.45, 2.75) is 50.4 Å². The monoisotopic (exact) mass is 329 g/mol.